The van der Waals surface area contributed by atoms with Gasteiger partial charge in [0.1, 0.15) is 0 Å². The molecule has 1 atom stereocenters. The van der Waals surface area contributed by atoms with Crippen LogP contribution >= 0.6 is 0 Å². The van der Waals surface area contributed by atoms with Crippen LogP contribution in [0.2, 0.25) is 18.1 Å². The Bertz CT molecular complexity index is 833. The number of carbonyl (C=O) groups is 1. The van der Waals surface area contributed by atoms with Crippen molar-refractivity contribution in [2.24, 2.45) is 0 Å². The summed E-state index contributed by atoms with van der Waals surface area (Å²) in [5.41, 5.74) is 1.26. The molecule has 3 nitrogen and oxygen atoms in total. The van der Waals surface area contributed by atoms with Gasteiger partial charge in [0.25, 0.3) is 0 Å². The first kappa shape index (κ1) is 23.4. The maximum absolute atomic E-state index is 11.2. The number of methoxy groups -OCH3 is 1. The van der Waals surface area contributed by atoms with E-state index in [9.17, 15) is 4.79 Å². The molecule has 0 aliphatic carbocycles. The lowest BCUT2D eigenvalue weighted by Crippen LogP contribution is -2.41. The van der Waals surface area contributed by atoms with Crippen LogP contribution in [0, 0.1) is 0 Å². The van der Waals surface area contributed by atoms with E-state index in [1.54, 1.807) is 0 Å². The third-order valence-electron chi connectivity index (χ3n) is 5.93. The molecule has 0 amide bonds. The lowest BCUT2D eigenvalue weighted by molar-refractivity contribution is -0.134. The summed E-state index contributed by atoms with van der Waals surface area (Å²) in [6.45, 7) is 11.5. The highest BCUT2D eigenvalue weighted by Crippen LogP contribution is 2.41. The van der Waals surface area contributed by atoms with Gasteiger partial charge in [-0.1, -0.05) is 69.7 Å². The Morgan fingerprint density at radius 3 is 2.41 bits per heavy atom. The Morgan fingerprint density at radius 1 is 1.07 bits per heavy atom. The SMILES string of the molecule is COC(=O)C=CCCCCC(O[Si](C)(C)C(C)(C)C)c1ccc2ccccc2c1. The normalized spacial score (nSPS) is 13.7. The summed E-state index contributed by atoms with van der Waals surface area (Å²) >= 11 is 0. The summed E-state index contributed by atoms with van der Waals surface area (Å²) in [7, 11) is -0.487. The Kier molecular flexibility index (Phi) is 8.23. The van der Waals surface area contributed by atoms with E-state index in [1.807, 2.05) is 6.08 Å². The first-order valence-electron chi connectivity index (χ1n) is 10.5. The molecule has 0 aromatic heterocycles. The third kappa shape index (κ3) is 6.83. The fourth-order valence-corrected chi connectivity index (χ4v) is 4.39. The molecule has 0 N–H and O–H groups in total. The van der Waals surface area contributed by atoms with Gasteiger partial charge in [0.05, 0.1) is 13.2 Å². The molecule has 0 saturated heterocycles. The minimum atomic E-state index is -1.89. The molecule has 0 spiro atoms. The van der Waals surface area contributed by atoms with Crippen LogP contribution in [-0.4, -0.2) is 21.4 Å². The highest BCUT2D eigenvalue weighted by Gasteiger charge is 2.39. The molecular weight excluding hydrogens is 376 g/mol. The van der Waals surface area contributed by atoms with Gasteiger partial charge in [-0.05, 0) is 59.8 Å². The number of esters is 1. The summed E-state index contributed by atoms with van der Waals surface area (Å²) < 4.78 is 11.5. The second-order valence-corrected chi connectivity index (χ2v) is 13.9. The van der Waals surface area contributed by atoms with E-state index >= 15 is 0 Å². The molecule has 0 aliphatic rings. The quantitative estimate of drug-likeness (QED) is 0.189. The van der Waals surface area contributed by atoms with E-state index in [2.05, 4.69) is 81.1 Å². The summed E-state index contributed by atoms with van der Waals surface area (Å²) in [5, 5.41) is 2.69. The molecule has 0 aliphatic heterocycles. The molecule has 2 rings (SSSR count). The minimum absolute atomic E-state index is 0.102. The molecule has 0 bridgehead atoms. The Hall–Kier alpha value is -1.91. The Morgan fingerprint density at radius 2 is 1.76 bits per heavy atom. The van der Waals surface area contributed by atoms with E-state index in [-0.39, 0.29) is 17.1 Å². The number of benzene rings is 2. The van der Waals surface area contributed by atoms with Crippen LogP contribution in [-0.2, 0) is 14.0 Å². The maximum atomic E-state index is 11.2. The predicted molar refractivity (Wildman–Crippen MR) is 125 cm³/mol. The zero-order valence-electron chi connectivity index (χ0n) is 18.8. The van der Waals surface area contributed by atoms with Crippen LogP contribution < -0.4 is 0 Å². The van der Waals surface area contributed by atoms with E-state index in [4.69, 9.17) is 4.43 Å². The van der Waals surface area contributed by atoms with Gasteiger partial charge in [0.15, 0.2) is 8.32 Å². The molecule has 0 radical (unpaired) electrons. The number of ether oxygens (including phenoxy) is 1. The monoisotopic (exact) mass is 412 g/mol. The van der Waals surface area contributed by atoms with Crippen molar-refractivity contribution in [2.75, 3.05) is 7.11 Å². The van der Waals surface area contributed by atoms with Crippen molar-refractivity contribution in [1.29, 1.82) is 0 Å². The van der Waals surface area contributed by atoms with Crippen molar-refractivity contribution in [3.8, 4) is 0 Å². The summed E-state index contributed by atoms with van der Waals surface area (Å²) in [6, 6.07) is 15.2. The van der Waals surface area contributed by atoms with E-state index in [0.717, 1.165) is 25.7 Å². The van der Waals surface area contributed by atoms with Gasteiger partial charge >= 0.3 is 5.97 Å². The lowest BCUT2D eigenvalue weighted by Gasteiger charge is -2.39. The average molecular weight is 413 g/mol. The molecule has 158 valence electrons. The highest BCUT2D eigenvalue weighted by atomic mass is 28.4. The second-order valence-electron chi connectivity index (χ2n) is 9.18. The molecule has 2 aromatic carbocycles. The summed E-state index contributed by atoms with van der Waals surface area (Å²) in [4.78, 5) is 11.2. The molecule has 0 saturated carbocycles. The van der Waals surface area contributed by atoms with Crippen LogP contribution in [0.5, 0.6) is 0 Å². The van der Waals surface area contributed by atoms with Crippen LogP contribution in [0.25, 0.3) is 10.8 Å². The highest BCUT2D eigenvalue weighted by molar-refractivity contribution is 6.74. The molecule has 1 unspecified atom stereocenters. The van der Waals surface area contributed by atoms with Gasteiger partial charge in [-0.3, -0.25) is 0 Å². The Labute approximate surface area is 177 Å². The van der Waals surface area contributed by atoms with Gasteiger partial charge in [-0.15, -0.1) is 0 Å². The molecular formula is C25H36O3Si. The van der Waals surface area contributed by atoms with Crippen molar-refractivity contribution >= 4 is 25.1 Å². The van der Waals surface area contributed by atoms with Crippen LogP contribution in [0.15, 0.2) is 54.6 Å². The van der Waals surface area contributed by atoms with Crippen molar-refractivity contribution in [2.45, 2.75) is 70.7 Å². The number of hydrogen-bond donors (Lipinski definition) is 0. The molecule has 4 heteroatoms. The van der Waals surface area contributed by atoms with Gasteiger partial charge in [-0.2, -0.15) is 0 Å². The van der Waals surface area contributed by atoms with Crippen molar-refractivity contribution in [1.82, 2.24) is 0 Å². The topological polar surface area (TPSA) is 35.5 Å². The van der Waals surface area contributed by atoms with Crippen molar-refractivity contribution in [3.05, 3.63) is 60.2 Å². The number of hydrogen-bond acceptors (Lipinski definition) is 3. The average Bonchev–Trinajstić information content (AvgIpc) is 2.68. The fraction of sp³-hybridized carbons (Fsp3) is 0.480. The third-order valence-corrected chi connectivity index (χ3v) is 10.4. The van der Waals surface area contributed by atoms with Crippen molar-refractivity contribution in [3.63, 3.8) is 0 Å². The fourth-order valence-electron chi connectivity index (χ4n) is 3.07. The summed E-state index contributed by atoms with van der Waals surface area (Å²) in [5.74, 6) is -0.291. The van der Waals surface area contributed by atoms with Gasteiger partial charge in [-0.25, -0.2) is 4.79 Å². The first-order chi connectivity index (χ1) is 13.6. The molecule has 29 heavy (non-hydrogen) atoms. The summed E-state index contributed by atoms with van der Waals surface area (Å²) in [6.07, 6.45) is 7.44. The second kappa shape index (κ2) is 10.2. The number of fused-ring (bicyclic) bond motifs is 1. The number of unbranched alkanes of at least 4 members (excludes halogenated alkanes) is 2. The van der Waals surface area contributed by atoms with Gasteiger partial charge in [0, 0.05) is 6.08 Å². The van der Waals surface area contributed by atoms with E-state index in [0.29, 0.717) is 0 Å². The minimum Gasteiger partial charge on any atom is -0.466 e. The van der Waals surface area contributed by atoms with Gasteiger partial charge < -0.3 is 9.16 Å². The lowest BCUT2D eigenvalue weighted by atomic mass is 10.00. The zero-order valence-corrected chi connectivity index (χ0v) is 19.8. The molecule has 2 aromatic rings. The number of rotatable bonds is 9. The predicted octanol–water partition coefficient (Wildman–Crippen LogP) is 7.19. The largest absolute Gasteiger partial charge is 0.466 e. The zero-order chi connectivity index (χ0) is 21.5. The number of allylic oxidation sites excluding steroid dienone is 1. The standard InChI is InChI=1S/C25H36O3Si/c1-25(2,3)29(5,6)28-23(15-9-7-8-10-16-24(26)27-4)22-18-17-20-13-11-12-14-21(20)19-22/h10-14,16-19,23H,7-9,15H2,1-6H3. The Balaban J connectivity index is 2.12. The van der Waals surface area contributed by atoms with E-state index < -0.39 is 8.32 Å². The van der Waals surface area contributed by atoms with Gasteiger partial charge in [0.2, 0.25) is 0 Å². The first-order valence-corrected chi connectivity index (χ1v) is 13.5. The van der Waals surface area contributed by atoms with Crippen LogP contribution in [0.1, 0.15) is 58.1 Å². The number of carbonyl (C=O) groups excluding carboxylic acids is 1. The van der Waals surface area contributed by atoms with E-state index in [1.165, 1.54) is 29.5 Å². The smallest absolute Gasteiger partial charge is 0.330 e. The van der Waals surface area contributed by atoms with Crippen molar-refractivity contribution < 1.29 is 14.0 Å². The molecule has 0 fully saturated rings. The maximum Gasteiger partial charge on any atom is 0.330 e. The molecule has 0 heterocycles. The van der Waals surface area contributed by atoms with Crippen LogP contribution in [0.3, 0.4) is 0 Å². The van der Waals surface area contributed by atoms with Crippen LogP contribution in [0.4, 0.5) is 0 Å².